The predicted molar refractivity (Wildman–Crippen MR) is 117 cm³/mol. The number of nitrogens with zero attached hydrogens (tertiary/aromatic N) is 1. The SMILES string of the molecule is COc1ccc2cc(C(=O)OCC(=O)N(C3CCCC3)[C@@H]3CCS(=O)(=O)C3)ccc2c1. The average Bonchev–Trinajstić information content (AvgIpc) is 3.41. The van der Waals surface area contributed by atoms with Crippen LogP contribution in [0.5, 0.6) is 5.75 Å². The van der Waals surface area contributed by atoms with Crippen molar-refractivity contribution in [2.24, 2.45) is 0 Å². The lowest BCUT2D eigenvalue weighted by molar-refractivity contribution is -0.139. The Bertz CT molecular complexity index is 1090. The van der Waals surface area contributed by atoms with Crippen LogP contribution >= 0.6 is 0 Å². The molecule has 2 fully saturated rings. The molecule has 2 aromatic carbocycles. The lowest BCUT2D eigenvalue weighted by Crippen LogP contribution is -2.48. The van der Waals surface area contributed by atoms with Crippen molar-refractivity contribution in [3.63, 3.8) is 0 Å². The van der Waals surface area contributed by atoms with Gasteiger partial charge in [-0.2, -0.15) is 0 Å². The van der Waals surface area contributed by atoms with E-state index < -0.39 is 15.8 Å². The first kappa shape index (κ1) is 21.6. The van der Waals surface area contributed by atoms with Gasteiger partial charge >= 0.3 is 5.97 Å². The highest BCUT2D eigenvalue weighted by Gasteiger charge is 2.39. The van der Waals surface area contributed by atoms with Gasteiger partial charge in [-0.05, 0) is 54.3 Å². The minimum absolute atomic E-state index is 0.00266. The molecule has 4 rings (SSSR count). The number of methoxy groups -OCH3 is 1. The molecule has 1 atom stereocenters. The summed E-state index contributed by atoms with van der Waals surface area (Å²) < 4.78 is 34.4. The summed E-state index contributed by atoms with van der Waals surface area (Å²) in [4.78, 5) is 27.2. The zero-order valence-electron chi connectivity index (χ0n) is 17.6. The van der Waals surface area contributed by atoms with E-state index in [1.807, 2.05) is 24.3 Å². The molecule has 1 saturated carbocycles. The summed E-state index contributed by atoms with van der Waals surface area (Å²) in [6, 6.07) is 10.4. The summed E-state index contributed by atoms with van der Waals surface area (Å²) in [6.07, 6.45) is 4.23. The maximum absolute atomic E-state index is 13.0. The van der Waals surface area contributed by atoms with Gasteiger partial charge in [-0.3, -0.25) is 4.79 Å². The fourth-order valence-electron chi connectivity index (χ4n) is 4.65. The Hall–Kier alpha value is -2.61. The number of hydrogen-bond acceptors (Lipinski definition) is 6. The van der Waals surface area contributed by atoms with Gasteiger partial charge in [0.25, 0.3) is 5.91 Å². The number of sulfone groups is 1. The molecule has 2 aromatic rings. The first-order valence-electron chi connectivity index (χ1n) is 10.6. The lowest BCUT2D eigenvalue weighted by Gasteiger charge is -2.33. The smallest absolute Gasteiger partial charge is 0.338 e. The minimum Gasteiger partial charge on any atom is -0.497 e. The van der Waals surface area contributed by atoms with Crippen LogP contribution in [0.2, 0.25) is 0 Å². The molecular weight excluding hydrogens is 418 g/mol. The van der Waals surface area contributed by atoms with Crippen molar-refractivity contribution in [2.75, 3.05) is 25.2 Å². The molecule has 8 heteroatoms. The summed E-state index contributed by atoms with van der Waals surface area (Å²) in [5.74, 6) is -0.0497. The van der Waals surface area contributed by atoms with Crippen LogP contribution in [0.15, 0.2) is 36.4 Å². The van der Waals surface area contributed by atoms with Crippen molar-refractivity contribution in [3.05, 3.63) is 42.0 Å². The highest BCUT2D eigenvalue weighted by Crippen LogP contribution is 2.29. The summed E-state index contributed by atoms with van der Waals surface area (Å²) >= 11 is 0. The molecule has 1 saturated heterocycles. The molecule has 1 aliphatic carbocycles. The van der Waals surface area contributed by atoms with Crippen molar-refractivity contribution in [1.29, 1.82) is 0 Å². The molecule has 0 aromatic heterocycles. The van der Waals surface area contributed by atoms with Crippen LogP contribution in [0.4, 0.5) is 0 Å². The molecular formula is C23H27NO6S. The Morgan fingerprint density at radius 3 is 2.39 bits per heavy atom. The van der Waals surface area contributed by atoms with Gasteiger partial charge in [0.2, 0.25) is 0 Å². The van der Waals surface area contributed by atoms with E-state index in [4.69, 9.17) is 9.47 Å². The molecule has 1 amide bonds. The molecule has 0 spiro atoms. The molecule has 0 radical (unpaired) electrons. The highest BCUT2D eigenvalue weighted by molar-refractivity contribution is 7.91. The van der Waals surface area contributed by atoms with Crippen molar-refractivity contribution < 1.29 is 27.5 Å². The van der Waals surface area contributed by atoms with E-state index in [9.17, 15) is 18.0 Å². The molecule has 166 valence electrons. The summed E-state index contributed by atoms with van der Waals surface area (Å²) in [5, 5.41) is 1.80. The maximum atomic E-state index is 13.0. The number of carbonyl (C=O) groups is 2. The summed E-state index contributed by atoms with van der Waals surface area (Å²) in [5.41, 5.74) is 0.362. The van der Waals surface area contributed by atoms with E-state index in [2.05, 4.69) is 0 Å². The van der Waals surface area contributed by atoms with E-state index in [1.54, 1.807) is 24.1 Å². The fourth-order valence-corrected chi connectivity index (χ4v) is 6.36. The quantitative estimate of drug-likeness (QED) is 0.635. The third-order valence-electron chi connectivity index (χ3n) is 6.22. The van der Waals surface area contributed by atoms with Crippen LogP contribution in [0, 0.1) is 0 Å². The number of esters is 1. The molecule has 2 aliphatic rings. The van der Waals surface area contributed by atoms with Crippen LogP contribution in [-0.2, 0) is 19.4 Å². The van der Waals surface area contributed by atoms with Crippen LogP contribution < -0.4 is 4.74 Å². The zero-order valence-corrected chi connectivity index (χ0v) is 18.4. The molecule has 1 heterocycles. The number of ether oxygens (including phenoxy) is 2. The minimum atomic E-state index is -3.11. The molecule has 0 N–H and O–H groups in total. The summed E-state index contributed by atoms with van der Waals surface area (Å²) in [7, 11) is -1.52. The van der Waals surface area contributed by atoms with Gasteiger partial charge in [0.05, 0.1) is 24.2 Å². The normalized spacial score (nSPS) is 20.6. The van der Waals surface area contributed by atoms with Gasteiger partial charge in [-0.1, -0.05) is 25.0 Å². The zero-order chi connectivity index (χ0) is 22.0. The average molecular weight is 446 g/mol. The Morgan fingerprint density at radius 2 is 1.71 bits per heavy atom. The second-order valence-electron chi connectivity index (χ2n) is 8.30. The van der Waals surface area contributed by atoms with E-state index >= 15 is 0 Å². The van der Waals surface area contributed by atoms with Crippen molar-refractivity contribution in [2.45, 2.75) is 44.2 Å². The number of hydrogen-bond donors (Lipinski definition) is 0. The number of benzene rings is 2. The van der Waals surface area contributed by atoms with E-state index in [1.165, 1.54) is 0 Å². The fraction of sp³-hybridized carbons (Fsp3) is 0.478. The van der Waals surface area contributed by atoms with Crippen LogP contribution in [-0.4, -0.2) is 62.5 Å². The molecule has 1 aliphatic heterocycles. The predicted octanol–water partition coefficient (Wildman–Crippen LogP) is 2.96. The van der Waals surface area contributed by atoms with Crippen molar-refractivity contribution in [3.8, 4) is 5.75 Å². The topological polar surface area (TPSA) is 90.0 Å². The third-order valence-corrected chi connectivity index (χ3v) is 7.97. The number of amides is 1. The molecule has 0 bridgehead atoms. The van der Waals surface area contributed by atoms with E-state index in [0.717, 1.165) is 42.2 Å². The Labute approximate surface area is 182 Å². The highest BCUT2D eigenvalue weighted by atomic mass is 32.2. The van der Waals surface area contributed by atoms with Gasteiger partial charge in [-0.25, -0.2) is 13.2 Å². The molecule has 7 nitrogen and oxygen atoms in total. The van der Waals surface area contributed by atoms with Crippen molar-refractivity contribution in [1.82, 2.24) is 4.90 Å². The number of rotatable bonds is 6. The first-order valence-corrected chi connectivity index (χ1v) is 12.4. The number of carbonyl (C=O) groups excluding carboxylic acids is 2. The van der Waals surface area contributed by atoms with Crippen LogP contribution in [0.3, 0.4) is 0 Å². The maximum Gasteiger partial charge on any atom is 0.338 e. The Kier molecular flexibility index (Phi) is 6.18. The molecule has 31 heavy (non-hydrogen) atoms. The van der Waals surface area contributed by atoms with Crippen LogP contribution in [0.25, 0.3) is 10.8 Å². The largest absolute Gasteiger partial charge is 0.497 e. The van der Waals surface area contributed by atoms with Gasteiger partial charge in [0, 0.05) is 12.1 Å². The third kappa shape index (κ3) is 4.84. The van der Waals surface area contributed by atoms with E-state index in [0.29, 0.717) is 12.0 Å². The van der Waals surface area contributed by atoms with Gasteiger partial charge in [0.1, 0.15) is 5.75 Å². The van der Waals surface area contributed by atoms with Crippen molar-refractivity contribution >= 4 is 32.5 Å². The monoisotopic (exact) mass is 445 g/mol. The number of fused-ring (bicyclic) bond motifs is 1. The second-order valence-corrected chi connectivity index (χ2v) is 10.5. The standard InChI is InChI=1S/C23H27NO6S/c1-29-21-9-8-16-12-18(7-6-17(16)13-21)23(26)30-14-22(25)24(19-4-2-3-5-19)20-10-11-31(27,28)15-20/h6-9,12-13,19-20H,2-5,10-11,14-15H2,1H3/t20-/m1/s1. The second kappa shape index (κ2) is 8.86. The van der Waals surface area contributed by atoms with Gasteiger partial charge in [0.15, 0.2) is 16.4 Å². The summed E-state index contributed by atoms with van der Waals surface area (Å²) in [6.45, 7) is -0.382. The lowest BCUT2D eigenvalue weighted by atomic mass is 10.1. The Morgan fingerprint density at radius 1 is 1.00 bits per heavy atom. The van der Waals surface area contributed by atoms with Crippen LogP contribution in [0.1, 0.15) is 42.5 Å². The Balaban J connectivity index is 1.44. The molecule has 0 unspecified atom stereocenters. The first-order chi connectivity index (χ1) is 14.9. The van der Waals surface area contributed by atoms with Gasteiger partial charge < -0.3 is 14.4 Å². The van der Waals surface area contributed by atoms with Gasteiger partial charge in [-0.15, -0.1) is 0 Å². The van der Waals surface area contributed by atoms with E-state index in [-0.39, 0.29) is 36.1 Å².